The number of fused-ring (bicyclic) bond motifs is 1. The van der Waals surface area contributed by atoms with Gasteiger partial charge in [0.15, 0.2) is 0 Å². The molecule has 8 heteroatoms. The van der Waals surface area contributed by atoms with E-state index in [2.05, 4.69) is 56.1 Å². The molecular formula is C25H32ClN5OSn. The number of halogens is 1. The molecular weight excluding hydrogens is 540 g/mol. The number of likely N-dealkylation sites (tertiary alicyclic amines) is 1. The molecule has 3 aromatic rings. The third-order valence-electron chi connectivity index (χ3n) is 7.24. The van der Waals surface area contributed by atoms with Crippen molar-refractivity contribution in [3.63, 3.8) is 0 Å². The minimum atomic E-state index is -0.550. The van der Waals surface area contributed by atoms with Crippen LogP contribution < -0.4 is 5.32 Å². The van der Waals surface area contributed by atoms with E-state index < -0.39 is 6.35 Å². The Balaban J connectivity index is 1.25. The number of aromatic nitrogens is 2. The van der Waals surface area contributed by atoms with Crippen LogP contribution in [0.15, 0.2) is 48.9 Å². The number of hydrogen-bond acceptors (Lipinski definition) is 5. The van der Waals surface area contributed by atoms with Crippen LogP contribution in [0.3, 0.4) is 0 Å². The molecule has 0 amide bonds. The zero-order valence-corrected chi connectivity index (χ0v) is 22.7. The number of aliphatic hydroxyl groups excluding tert-OH is 1. The first-order valence-electron chi connectivity index (χ1n) is 11.9. The Morgan fingerprint density at radius 3 is 2.73 bits per heavy atom. The summed E-state index contributed by atoms with van der Waals surface area (Å²) in [6.07, 6.45) is 7.63. The summed E-state index contributed by atoms with van der Waals surface area (Å²) in [7, 11) is 2.22. The first-order chi connectivity index (χ1) is 16.1. The topological polar surface area (TPSA) is 56.6 Å². The molecule has 2 N–H and O–H groups in total. The van der Waals surface area contributed by atoms with Crippen molar-refractivity contribution in [2.24, 2.45) is 0 Å². The van der Waals surface area contributed by atoms with E-state index in [1.807, 2.05) is 24.5 Å². The van der Waals surface area contributed by atoms with Crippen LogP contribution in [0.5, 0.6) is 0 Å². The number of piperidine rings is 1. The van der Waals surface area contributed by atoms with Gasteiger partial charge in [0.05, 0.1) is 6.20 Å². The van der Waals surface area contributed by atoms with Gasteiger partial charge in [-0.1, -0.05) is 11.6 Å². The fourth-order valence-electron chi connectivity index (χ4n) is 5.16. The van der Waals surface area contributed by atoms with Crippen molar-refractivity contribution in [2.75, 3.05) is 33.2 Å². The molecule has 2 aliphatic heterocycles. The summed E-state index contributed by atoms with van der Waals surface area (Å²) >= 11 is 5.94. The van der Waals surface area contributed by atoms with E-state index in [4.69, 9.17) is 11.6 Å². The molecule has 5 rings (SSSR count). The Bertz CT molecular complexity index is 1070. The molecule has 2 atom stereocenters. The Kier molecular flexibility index (Phi) is 7.59. The van der Waals surface area contributed by atoms with Crippen LogP contribution in [-0.2, 0) is 0 Å². The van der Waals surface area contributed by atoms with Crippen molar-refractivity contribution < 1.29 is 5.11 Å². The second-order valence-electron chi connectivity index (χ2n) is 9.25. The summed E-state index contributed by atoms with van der Waals surface area (Å²) in [6.45, 7) is 3.92. The van der Waals surface area contributed by atoms with E-state index in [-0.39, 0.29) is 21.1 Å². The molecule has 2 unspecified atom stereocenters. The summed E-state index contributed by atoms with van der Waals surface area (Å²) in [5.74, 6) is 0.476. The number of nitrogens with one attached hydrogen (secondary N) is 1. The third kappa shape index (κ3) is 5.26. The van der Waals surface area contributed by atoms with Gasteiger partial charge in [-0.3, -0.25) is 4.98 Å². The first-order valence-corrected chi connectivity index (χ1v) is 16.3. The van der Waals surface area contributed by atoms with E-state index in [9.17, 15) is 5.11 Å². The van der Waals surface area contributed by atoms with Gasteiger partial charge in [0.25, 0.3) is 0 Å². The van der Waals surface area contributed by atoms with Crippen LogP contribution in [0.4, 0.5) is 0 Å². The number of likely N-dealkylation sites (N-methyl/N-ethyl adjacent to an activating group) is 1. The SMILES string of the molecule is CN1C[CH2][Sn][CH2]C1CNC(O)N1CCC(c2cn(-c3ccc(Cl)cc3)c3cnccc23)CC1. The molecule has 0 saturated carbocycles. The van der Waals surface area contributed by atoms with Crippen LogP contribution in [0.2, 0.25) is 13.9 Å². The maximum atomic E-state index is 10.8. The normalized spacial score (nSPS) is 22.1. The maximum absolute atomic E-state index is 10.8. The average molecular weight is 573 g/mol. The van der Waals surface area contributed by atoms with E-state index >= 15 is 0 Å². The van der Waals surface area contributed by atoms with Crippen LogP contribution >= 0.6 is 11.6 Å². The van der Waals surface area contributed by atoms with Gasteiger partial charge >= 0.3 is 148 Å². The number of rotatable bonds is 6. The van der Waals surface area contributed by atoms with E-state index in [0.717, 1.165) is 48.7 Å². The van der Waals surface area contributed by atoms with Gasteiger partial charge in [-0.25, -0.2) is 0 Å². The van der Waals surface area contributed by atoms with E-state index in [0.29, 0.717) is 12.0 Å². The van der Waals surface area contributed by atoms with Crippen LogP contribution in [0, 0.1) is 0 Å². The fourth-order valence-corrected chi connectivity index (χ4v) is 9.58. The summed E-state index contributed by atoms with van der Waals surface area (Å²) in [6, 6.07) is 10.7. The zero-order valence-electron chi connectivity index (χ0n) is 19.1. The second-order valence-corrected chi connectivity index (χ2v) is 13.7. The number of nitrogens with zero attached hydrogens (tertiary/aromatic N) is 4. The molecule has 2 aliphatic rings. The van der Waals surface area contributed by atoms with Crippen molar-refractivity contribution >= 4 is 43.6 Å². The molecule has 0 bridgehead atoms. The molecule has 33 heavy (non-hydrogen) atoms. The predicted octanol–water partition coefficient (Wildman–Crippen LogP) is 3.58. The van der Waals surface area contributed by atoms with Crippen molar-refractivity contribution in [3.8, 4) is 5.69 Å². The Labute approximate surface area is 211 Å². The number of pyridine rings is 1. The monoisotopic (exact) mass is 573 g/mol. The number of aliphatic hydroxyl groups is 1. The molecule has 6 nitrogen and oxygen atoms in total. The third-order valence-corrected chi connectivity index (χ3v) is 11.3. The molecule has 0 spiro atoms. The standard InChI is InChI=1S/C25H32ClN5O.Sn/c1-4-29(3)18(2)15-28-25(32)30-13-10-19(11-14-30)23-17-31(21-7-5-20(26)6-8-21)24-16-27-12-9-22(23)24;/h5-9,12,16-19,25,28,32H,1-2,4,10-11,13-15H2,3H3;. The van der Waals surface area contributed by atoms with E-state index in [1.54, 1.807) is 0 Å². The number of benzene rings is 1. The molecule has 4 heterocycles. The fraction of sp³-hybridized carbons (Fsp3) is 0.480. The minimum absolute atomic E-state index is 0.169. The van der Waals surface area contributed by atoms with Crippen molar-refractivity contribution in [1.29, 1.82) is 0 Å². The van der Waals surface area contributed by atoms with Gasteiger partial charge in [-0.15, -0.1) is 0 Å². The summed E-state index contributed by atoms with van der Waals surface area (Å²) in [5, 5.41) is 16.2. The molecule has 2 fully saturated rings. The summed E-state index contributed by atoms with van der Waals surface area (Å²) in [5.41, 5.74) is 3.59. The van der Waals surface area contributed by atoms with Gasteiger partial charge in [-0.2, -0.15) is 0 Å². The summed E-state index contributed by atoms with van der Waals surface area (Å²) < 4.78 is 5.06. The van der Waals surface area contributed by atoms with Gasteiger partial charge in [-0.05, 0) is 24.3 Å². The molecule has 174 valence electrons. The van der Waals surface area contributed by atoms with Crippen LogP contribution in [-0.4, -0.2) is 91.2 Å². The van der Waals surface area contributed by atoms with Crippen LogP contribution in [0.1, 0.15) is 24.3 Å². The van der Waals surface area contributed by atoms with Gasteiger partial charge in [0.1, 0.15) is 0 Å². The second kappa shape index (κ2) is 10.6. The quantitative estimate of drug-likeness (QED) is 0.350. The molecule has 2 aromatic heterocycles. The summed E-state index contributed by atoms with van der Waals surface area (Å²) in [4.78, 5) is 9.03. The Hall–Kier alpha value is -1.16. The first kappa shape index (κ1) is 23.6. The molecule has 1 aromatic carbocycles. The van der Waals surface area contributed by atoms with Crippen molar-refractivity contribution in [1.82, 2.24) is 24.7 Å². The Morgan fingerprint density at radius 1 is 1.18 bits per heavy atom. The van der Waals surface area contributed by atoms with Crippen molar-refractivity contribution in [2.45, 2.75) is 40.0 Å². The Morgan fingerprint density at radius 2 is 1.97 bits per heavy atom. The molecule has 2 radical (unpaired) electrons. The average Bonchev–Trinajstić information content (AvgIpc) is 3.24. The van der Waals surface area contributed by atoms with Gasteiger partial charge in [0, 0.05) is 16.9 Å². The molecule has 0 aliphatic carbocycles. The van der Waals surface area contributed by atoms with Crippen molar-refractivity contribution in [3.05, 3.63) is 59.5 Å². The van der Waals surface area contributed by atoms with E-state index in [1.165, 1.54) is 26.4 Å². The van der Waals surface area contributed by atoms with Crippen LogP contribution in [0.25, 0.3) is 16.6 Å². The zero-order chi connectivity index (χ0) is 22.8. The number of hydrogen-bond donors (Lipinski definition) is 2. The predicted molar refractivity (Wildman–Crippen MR) is 135 cm³/mol. The van der Waals surface area contributed by atoms with Gasteiger partial charge in [0.2, 0.25) is 0 Å². The van der Waals surface area contributed by atoms with Gasteiger partial charge < -0.3 is 0 Å². The molecule has 2 saturated heterocycles.